The van der Waals surface area contributed by atoms with E-state index in [9.17, 15) is 0 Å². The van der Waals surface area contributed by atoms with Gasteiger partial charge in [0, 0.05) is 26.4 Å². The van der Waals surface area contributed by atoms with Crippen LogP contribution in [0, 0.1) is 0 Å². The molecule has 2 aromatic heterocycles. The van der Waals surface area contributed by atoms with Crippen molar-refractivity contribution in [2.75, 3.05) is 0 Å². The van der Waals surface area contributed by atoms with Gasteiger partial charge in [-0.05, 0) is 22.0 Å². The summed E-state index contributed by atoms with van der Waals surface area (Å²) in [4.78, 5) is 9.21. The van der Waals surface area contributed by atoms with Crippen LogP contribution in [0.15, 0.2) is 34.1 Å². The van der Waals surface area contributed by atoms with Crippen molar-refractivity contribution in [3.05, 3.63) is 45.0 Å². The molecular formula is C16H14BrClN2S. The van der Waals surface area contributed by atoms with Gasteiger partial charge in [0.1, 0.15) is 5.15 Å². The van der Waals surface area contributed by atoms with E-state index in [-0.39, 0.29) is 5.41 Å². The number of hydrogen-bond donors (Lipinski definition) is 0. The first-order chi connectivity index (χ1) is 9.88. The fourth-order valence-electron chi connectivity index (χ4n) is 2.19. The van der Waals surface area contributed by atoms with E-state index in [0.717, 1.165) is 15.7 Å². The highest BCUT2D eigenvalue weighted by Gasteiger charge is 2.23. The second-order valence-corrected chi connectivity index (χ2v) is 7.96. The zero-order chi connectivity index (χ0) is 15.2. The molecule has 0 radical (unpaired) electrons. The van der Waals surface area contributed by atoms with Crippen LogP contribution in [0.3, 0.4) is 0 Å². The van der Waals surface area contributed by atoms with Gasteiger partial charge < -0.3 is 0 Å². The number of halogens is 2. The monoisotopic (exact) mass is 380 g/mol. The second kappa shape index (κ2) is 5.34. The van der Waals surface area contributed by atoms with E-state index in [0.29, 0.717) is 11.0 Å². The summed E-state index contributed by atoms with van der Waals surface area (Å²) in [6.45, 7) is 6.35. The Hall–Kier alpha value is -0.970. The molecule has 0 saturated carbocycles. The van der Waals surface area contributed by atoms with E-state index >= 15 is 0 Å². The quantitative estimate of drug-likeness (QED) is 0.478. The molecule has 0 atom stereocenters. The first kappa shape index (κ1) is 14.9. The SMILES string of the molecule is CC(C)(C)c1nc(-c2csc3ccccc23)nc(Cl)c1Br. The summed E-state index contributed by atoms with van der Waals surface area (Å²) < 4.78 is 2.01. The van der Waals surface area contributed by atoms with Crippen molar-refractivity contribution >= 4 is 49.0 Å². The van der Waals surface area contributed by atoms with Crippen LogP contribution in [0.2, 0.25) is 5.15 Å². The molecule has 5 heteroatoms. The van der Waals surface area contributed by atoms with Crippen molar-refractivity contribution in [2.24, 2.45) is 0 Å². The van der Waals surface area contributed by atoms with Gasteiger partial charge >= 0.3 is 0 Å². The molecule has 3 aromatic rings. The van der Waals surface area contributed by atoms with Gasteiger partial charge in [-0.3, -0.25) is 0 Å². The molecule has 3 rings (SSSR count). The molecule has 0 N–H and O–H groups in total. The molecule has 0 spiro atoms. The second-order valence-electron chi connectivity index (χ2n) is 5.90. The molecule has 108 valence electrons. The van der Waals surface area contributed by atoms with Crippen LogP contribution in [0.5, 0.6) is 0 Å². The Bertz CT molecular complexity index is 821. The molecule has 0 bridgehead atoms. The van der Waals surface area contributed by atoms with Crippen LogP contribution in [0.4, 0.5) is 0 Å². The third kappa shape index (κ3) is 2.72. The fraction of sp³-hybridized carbons (Fsp3) is 0.250. The zero-order valence-corrected chi connectivity index (χ0v) is 15.1. The molecule has 0 fully saturated rings. The van der Waals surface area contributed by atoms with Crippen molar-refractivity contribution < 1.29 is 0 Å². The number of hydrogen-bond acceptors (Lipinski definition) is 3. The lowest BCUT2D eigenvalue weighted by Gasteiger charge is -2.20. The summed E-state index contributed by atoms with van der Waals surface area (Å²) in [6.07, 6.45) is 0. The van der Waals surface area contributed by atoms with Crippen LogP contribution >= 0.6 is 38.9 Å². The van der Waals surface area contributed by atoms with E-state index in [1.165, 1.54) is 10.1 Å². The van der Waals surface area contributed by atoms with E-state index in [1.807, 2.05) is 12.1 Å². The van der Waals surface area contributed by atoms with E-state index in [2.05, 4.69) is 59.2 Å². The average molecular weight is 382 g/mol. The van der Waals surface area contributed by atoms with Gasteiger partial charge in [-0.2, -0.15) is 0 Å². The Kier molecular flexibility index (Phi) is 3.80. The van der Waals surface area contributed by atoms with Crippen LogP contribution in [0.25, 0.3) is 21.5 Å². The lowest BCUT2D eigenvalue weighted by Crippen LogP contribution is -2.16. The first-order valence-electron chi connectivity index (χ1n) is 6.58. The molecule has 2 nitrogen and oxygen atoms in total. The third-order valence-corrected chi connectivity index (χ3v) is 5.46. The predicted octanol–water partition coefficient (Wildman–Crippen LogP) is 6.07. The molecule has 21 heavy (non-hydrogen) atoms. The number of rotatable bonds is 1. The van der Waals surface area contributed by atoms with Gasteiger partial charge in [-0.1, -0.05) is 50.6 Å². The van der Waals surface area contributed by atoms with Gasteiger partial charge in [-0.15, -0.1) is 11.3 Å². The highest BCUT2D eigenvalue weighted by molar-refractivity contribution is 9.10. The first-order valence-corrected chi connectivity index (χ1v) is 8.63. The van der Waals surface area contributed by atoms with Gasteiger partial charge in [0.2, 0.25) is 0 Å². The highest BCUT2D eigenvalue weighted by atomic mass is 79.9. The largest absolute Gasteiger partial charge is 0.231 e. The Morgan fingerprint density at radius 1 is 1.14 bits per heavy atom. The van der Waals surface area contributed by atoms with Crippen LogP contribution in [0.1, 0.15) is 26.5 Å². The molecule has 0 amide bonds. The summed E-state index contributed by atoms with van der Waals surface area (Å²) in [5.74, 6) is 0.686. The predicted molar refractivity (Wildman–Crippen MR) is 94.3 cm³/mol. The molecule has 0 saturated heterocycles. The van der Waals surface area contributed by atoms with Crippen LogP contribution < -0.4 is 0 Å². The van der Waals surface area contributed by atoms with Crippen molar-refractivity contribution in [1.29, 1.82) is 0 Å². The Labute approximate surface area is 141 Å². The maximum atomic E-state index is 6.30. The van der Waals surface area contributed by atoms with Gasteiger partial charge in [0.15, 0.2) is 5.82 Å². The molecule has 2 heterocycles. The van der Waals surface area contributed by atoms with Crippen molar-refractivity contribution in [1.82, 2.24) is 9.97 Å². The number of fused-ring (bicyclic) bond motifs is 1. The third-order valence-electron chi connectivity index (χ3n) is 3.24. The van der Waals surface area contributed by atoms with Crippen LogP contribution in [-0.4, -0.2) is 9.97 Å². The Morgan fingerprint density at radius 3 is 2.57 bits per heavy atom. The van der Waals surface area contributed by atoms with E-state index in [1.54, 1.807) is 11.3 Å². The van der Waals surface area contributed by atoms with Crippen molar-refractivity contribution in [3.8, 4) is 11.4 Å². The lowest BCUT2D eigenvalue weighted by atomic mass is 9.92. The average Bonchev–Trinajstić information content (AvgIpc) is 2.84. The van der Waals surface area contributed by atoms with E-state index in [4.69, 9.17) is 16.6 Å². The van der Waals surface area contributed by atoms with Gasteiger partial charge in [-0.25, -0.2) is 9.97 Å². The summed E-state index contributed by atoms with van der Waals surface area (Å²) >= 11 is 11.5. The minimum Gasteiger partial charge on any atom is -0.231 e. The fourth-order valence-corrected chi connectivity index (χ4v) is 4.07. The minimum absolute atomic E-state index is 0.105. The molecule has 0 aliphatic rings. The molecule has 0 aliphatic carbocycles. The van der Waals surface area contributed by atoms with Crippen LogP contribution in [-0.2, 0) is 5.41 Å². The Morgan fingerprint density at radius 2 is 1.86 bits per heavy atom. The van der Waals surface area contributed by atoms with Gasteiger partial charge in [0.05, 0.1) is 10.2 Å². The summed E-state index contributed by atoms with van der Waals surface area (Å²) in [6, 6.07) is 8.27. The number of aromatic nitrogens is 2. The molecule has 1 aromatic carbocycles. The van der Waals surface area contributed by atoms with Crippen molar-refractivity contribution in [3.63, 3.8) is 0 Å². The van der Waals surface area contributed by atoms with E-state index < -0.39 is 0 Å². The molecule has 0 aliphatic heterocycles. The number of benzene rings is 1. The maximum absolute atomic E-state index is 6.30. The summed E-state index contributed by atoms with van der Waals surface area (Å²) in [7, 11) is 0. The highest BCUT2D eigenvalue weighted by Crippen LogP contribution is 2.37. The van der Waals surface area contributed by atoms with Gasteiger partial charge in [0.25, 0.3) is 0 Å². The summed E-state index contributed by atoms with van der Waals surface area (Å²) in [5.41, 5.74) is 1.86. The maximum Gasteiger partial charge on any atom is 0.162 e. The standard InChI is InChI=1S/C16H14BrClN2S/c1-16(2,3)13-12(17)14(18)20-15(19-13)10-8-21-11-7-5-4-6-9(10)11/h4-8H,1-3H3. The smallest absolute Gasteiger partial charge is 0.162 e. The minimum atomic E-state index is -0.105. The summed E-state index contributed by atoms with van der Waals surface area (Å²) in [5, 5.41) is 3.72. The number of nitrogens with zero attached hydrogens (tertiary/aromatic N) is 2. The zero-order valence-electron chi connectivity index (χ0n) is 11.9. The van der Waals surface area contributed by atoms with Crippen molar-refractivity contribution in [2.45, 2.75) is 26.2 Å². The normalized spacial score (nSPS) is 12.0. The topological polar surface area (TPSA) is 25.8 Å². The Balaban J connectivity index is 2.26. The lowest BCUT2D eigenvalue weighted by molar-refractivity contribution is 0.564. The molecule has 0 unspecified atom stereocenters. The molecular weight excluding hydrogens is 368 g/mol. The number of thiophene rings is 1.